The van der Waals surface area contributed by atoms with Crippen molar-refractivity contribution < 1.29 is 19.1 Å². The van der Waals surface area contributed by atoms with Gasteiger partial charge in [0.2, 0.25) is 6.10 Å². The normalized spacial score (nSPS) is 12.0. The third-order valence-corrected chi connectivity index (χ3v) is 3.96. The predicted molar refractivity (Wildman–Crippen MR) is 89.6 cm³/mol. The Hall–Kier alpha value is -2.64. The molecule has 0 radical (unpaired) electrons. The van der Waals surface area contributed by atoms with Crippen molar-refractivity contribution in [1.82, 2.24) is 14.6 Å². The molecule has 1 atom stereocenters. The van der Waals surface area contributed by atoms with Crippen molar-refractivity contribution in [2.45, 2.75) is 6.10 Å². The first-order chi connectivity index (χ1) is 12.0. The van der Waals surface area contributed by atoms with Crippen LogP contribution in [0.3, 0.4) is 0 Å². The van der Waals surface area contributed by atoms with Gasteiger partial charge in [0.1, 0.15) is 6.33 Å². The Bertz CT molecular complexity index is 957. The van der Waals surface area contributed by atoms with Crippen LogP contribution >= 0.6 is 23.2 Å². The number of rotatable bonds is 4. The first-order valence-electron chi connectivity index (χ1n) is 7.02. The van der Waals surface area contributed by atoms with E-state index in [2.05, 4.69) is 10.1 Å². The summed E-state index contributed by atoms with van der Waals surface area (Å²) in [6.45, 7) is 0. The van der Waals surface area contributed by atoms with Crippen molar-refractivity contribution in [2.24, 2.45) is 0 Å². The summed E-state index contributed by atoms with van der Waals surface area (Å²) in [6, 6.07) is 7.48. The second kappa shape index (κ2) is 7.08. The van der Waals surface area contributed by atoms with Gasteiger partial charge in [0.05, 0.1) is 12.7 Å². The average molecular weight is 380 g/mol. The number of carbonyl (C=O) groups excluding carboxylic acids is 2. The van der Waals surface area contributed by atoms with E-state index in [0.29, 0.717) is 10.7 Å². The largest absolute Gasteiger partial charge is 0.466 e. The molecule has 0 aliphatic carbocycles. The summed E-state index contributed by atoms with van der Waals surface area (Å²) in [5, 5.41) is 4.51. The second-order valence-corrected chi connectivity index (χ2v) is 5.80. The summed E-state index contributed by atoms with van der Waals surface area (Å²) in [7, 11) is 1.19. The summed E-state index contributed by atoms with van der Waals surface area (Å²) in [4.78, 5) is 28.5. The molecule has 0 fully saturated rings. The van der Waals surface area contributed by atoms with Crippen LogP contribution in [0.25, 0.3) is 5.65 Å². The number of hydrogen-bond donors (Lipinski definition) is 0. The molecule has 0 aliphatic rings. The van der Waals surface area contributed by atoms with Crippen molar-refractivity contribution in [2.75, 3.05) is 7.11 Å². The Morgan fingerprint density at radius 1 is 1.20 bits per heavy atom. The lowest BCUT2D eigenvalue weighted by Gasteiger charge is -2.17. The first kappa shape index (κ1) is 17.2. The summed E-state index contributed by atoms with van der Waals surface area (Å²) in [5.41, 5.74) is 0.947. The van der Waals surface area contributed by atoms with Crippen molar-refractivity contribution >= 4 is 40.8 Å². The van der Waals surface area contributed by atoms with Crippen molar-refractivity contribution in [1.29, 1.82) is 0 Å². The summed E-state index contributed by atoms with van der Waals surface area (Å²) in [5.74, 6) is -1.49. The molecule has 3 rings (SSSR count). The Labute approximate surface area is 152 Å². The molecule has 2 aromatic heterocycles. The topological polar surface area (TPSA) is 82.8 Å². The fourth-order valence-corrected chi connectivity index (χ4v) is 2.68. The smallest absolute Gasteiger partial charge is 0.352 e. The summed E-state index contributed by atoms with van der Waals surface area (Å²) < 4.78 is 11.5. The van der Waals surface area contributed by atoms with Gasteiger partial charge in [-0.25, -0.2) is 19.1 Å². The summed E-state index contributed by atoms with van der Waals surface area (Å²) >= 11 is 12.0. The number of benzene rings is 1. The maximum Gasteiger partial charge on any atom is 0.352 e. The van der Waals surface area contributed by atoms with Crippen LogP contribution in [0.5, 0.6) is 0 Å². The molecule has 9 heteroatoms. The van der Waals surface area contributed by atoms with Gasteiger partial charge in [0, 0.05) is 21.8 Å². The number of hydrogen-bond acceptors (Lipinski definition) is 6. The van der Waals surface area contributed by atoms with E-state index in [1.54, 1.807) is 6.20 Å². The van der Waals surface area contributed by atoms with Crippen molar-refractivity contribution in [3.8, 4) is 0 Å². The van der Waals surface area contributed by atoms with Crippen LogP contribution in [0.1, 0.15) is 22.0 Å². The number of aromatic nitrogens is 3. The zero-order valence-corrected chi connectivity index (χ0v) is 14.4. The van der Waals surface area contributed by atoms with Gasteiger partial charge in [-0.3, -0.25) is 0 Å². The minimum absolute atomic E-state index is 0.184. The average Bonchev–Trinajstić information content (AvgIpc) is 3.07. The van der Waals surface area contributed by atoms with E-state index in [-0.39, 0.29) is 16.1 Å². The Morgan fingerprint density at radius 3 is 2.72 bits per heavy atom. The number of halogens is 2. The van der Waals surface area contributed by atoms with Crippen LogP contribution in [0, 0.1) is 0 Å². The lowest BCUT2D eigenvalue weighted by atomic mass is 10.1. The number of fused-ring (bicyclic) bond motifs is 1. The molecule has 0 spiro atoms. The zero-order chi connectivity index (χ0) is 18.0. The molecule has 0 saturated carbocycles. The van der Waals surface area contributed by atoms with E-state index < -0.39 is 18.0 Å². The third-order valence-electron chi connectivity index (χ3n) is 3.40. The lowest BCUT2D eigenvalue weighted by Crippen LogP contribution is -2.21. The standard InChI is InChI=1S/C16H11Cl2N3O4/c1-24-16(23)14(11-3-2-10(17)7-12(11)18)25-15(22)9-4-5-21-13(6-9)19-8-20-21/h2-8,14H,1H3. The fourth-order valence-electron chi connectivity index (χ4n) is 2.18. The molecule has 128 valence electrons. The molecule has 25 heavy (non-hydrogen) atoms. The van der Waals surface area contributed by atoms with Crippen LogP contribution in [-0.2, 0) is 14.3 Å². The van der Waals surface area contributed by atoms with E-state index in [4.69, 9.17) is 32.7 Å². The minimum atomic E-state index is -1.32. The molecule has 2 heterocycles. The molecular formula is C16H11Cl2N3O4. The molecule has 0 N–H and O–H groups in total. The number of methoxy groups -OCH3 is 1. The monoisotopic (exact) mass is 379 g/mol. The molecule has 1 aromatic carbocycles. The molecule has 7 nitrogen and oxygen atoms in total. The van der Waals surface area contributed by atoms with Crippen LogP contribution in [0.4, 0.5) is 0 Å². The maximum absolute atomic E-state index is 12.4. The third kappa shape index (κ3) is 3.57. The van der Waals surface area contributed by atoms with Crippen LogP contribution in [0.15, 0.2) is 42.9 Å². The second-order valence-electron chi connectivity index (χ2n) is 4.95. The fraction of sp³-hybridized carbons (Fsp3) is 0.125. The SMILES string of the molecule is COC(=O)C(OC(=O)c1ccn2ncnc2c1)c1ccc(Cl)cc1Cl. The molecule has 0 bridgehead atoms. The van der Waals surface area contributed by atoms with Gasteiger partial charge in [-0.1, -0.05) is 29.3 Å². The van der Waals surface area contributed by atoms with E-state index >= 15 is 0 Å². The van der Waals surface area contributed by atoms with Gasteiger partial charge in [0.15, 0.2) is 5.65 Å². The van der Waals surface area contributed by atoms with E-state index in [9.17, 15) is 9.59 Å². The van der Waals surface area contributed by atoms with Gasteiger partial charge >= 0.3 is 11.9 Å². The highest BCUT2D eigenvalue weighted by molar-refractivity contribution is 6.35. The molecule has 3 aromatic rings. The van der Waals surface area contributed by atoms with Crippen LogP contribution < -0.4 is 0 Å². The highest BCUT2D eigenvalue weighted by Crippen LogP contribution is 2.30. The van der Waals surface area contributed by atoms with E-state index in [0.717, 1.165) is 0 Å². The molecular weight excluding hydrogens is 369 g/mol. The Morgan fingerprint density at radius 2 is 2.00 bits per heavy atom. The molecule has 0 saturated heterocycles. The quantitative estimate of drug-likeness (QED) is 0.647. The van der Waals surface area contributed by atoms with Gasteiger partial charge in [-0.05, 0) is 24.3 Å². The Balaban J connectivity index is 1.91. The van der Waals surface area contributed by atoms with Crippen LogP contribution in [-0.4, -0.2) is 33.6 Å². The zero-order valence-electron chi connectivity index (χ0n) is 12.8. The predicted octanol–water partition coefficient (Wildman–Crippen LogP) is 3.11. The van der Waals surface area contributed by atoms with Gasteiger partial charge in [-0.2, -0.15) is 5.10 Å². The number of nitrogens with zero attached hydrogens (tertiary/aromatic N) is 3. The molecule has 0 amide bonds. The lowest BCUT2D eigenvalue weighted by molar-refractivity contribution is -0.151. The van der Waals surface area contributed by atoms with E-state index in [1.165, 1.54) is 48.3 Å². The van der Waals surface area contributed by atoms with Crippen LogP contribution in [0.2, 0.25) is 10.0 Å². The van der Waals surface area contributed by atoms with Gasteiger partial charge in [-0.15, -0.1) is 0 Å². The minimum Gasteiger partial charge on any atom is -0.466 e. The molecule has 1 unspecified atom stereocenters. The Kier molecular flexibility index (Phi) is 4.87. The van der Waals surface area contributed by atoms with Gasteiger partial charge < -0.3 is 9.47 Å². The molecule has 0 aliphatic heterocycles. The number of pyridine rings is 1. The van der Waals surface area contributed by atoms with Crippen molar-refractivity contribution in [3.63, 3.8) is 0 Å². The maximum atomic E-state index is 12.4. The van der Waals surface area contributed by atoms with E-state index in [1.807, 2.05) is 0 Å². The highest BCUT2D eigenvalue weighted by atomic mass is 35.5. The highest BCUT2D eigenvalue weighted by Gasteiger charge is 2.29. The van der Waals surface area contributed by atoms with Crippen molar-refractivity contribution in [3.05, 3.63) is 64.0 Å². The number of ether oxygens (including phenoxy) is 2. The van der Waals surface area contributed by atoms with Gasteiger partial charge in [0.25, 0.3) is 0 Å². The first-order valence-corrected chi connectivity index (χ1v) is 7.78. The summed E-state index contributed by atoms with van der Waals surface area (Å²) in [6.07, 6.45) is 1.59. The number of esters is 2. The number of carbonyl (C=O) groups is 2.